The largest absolute Gasteiger partial charge is 0.354 e. The summed E-state index contributed by atoms with van der Waals surface area (Å²) >= 11 is 0. The minimum Gasteiger partial charge on any atom is -0.354 e. The Morgan fingerprint density at radius 3 is 2.42 bits per heavy atom. The summed E-state index contributed by atoms with van der Waals surface area (Å²) in [5.41, 5.74) is 3.15. The fourth-order valence-corrected chi connectivity index (χ4v) is 3.45. The molecule has 2 aliphatic rings. The van der Waals surface area contributed by atoms with Gasteiger partial charge in [0.15, 0.2) is 0 Å². The second-order valence-corrected chi connectivity index (χ2v) is 7.28. The molecule has 2 heterocycles. The van der Waals surface area contributed by atoms with Gasteiger partial charge in [-0.1, -0.05) is 19.1 Å². The van der Waals surface area contributed by atoms with E-state index in [9.17, 15) is 0 Å². The van der Waals surface area contributed by atoms with E-state index in [4.69, 9.17) is 15.2 Å². The molecule has 1 aromatic carbocycles. The maximum atomic E-state index is 8.91. The van der Waals surface area contributed by atoms with Crippen LogP contribution in [0, 0.1) is 11.3 Å². The van der Waals surface area contributed by atoms with Gasteiger partial charge in [0.2, 0.25) is 0 Å². The summed E-state index contributed by atoms with van der Waals surface area (Å²) < 4.78 is 0. The molecule has 1 aromatic heterocycles. The first-order valence-corrected chi connectivity index (χ1v) is 9.59. The molecule has 0 bridgehead atoms. The van der Waals surface area contributed by atoms with E-state index in [0.717, 1.165) is 62.0 Å². The Morgan fingerprint density at radius 1 is 1.08 bits per heavy atom. The van der Waals surface area contributed by atoms with Gasteiger partial charge in [0.05, 0.1) is 11.6 Å². The van der Waals surface area contributed by atoms with Crippen LogP contribution in [0.5, 0.6) is 0 Å². The van der Waals surface area contributed by atoms with Gasteiger partial charge in [-0.15, -0.1) is 0 Å². The van der Waals surface area contributed by atoms with Crippen LogP contribution in [0.25, 0.3) is 0 Å². The van der Waals surface area contributed by atoms with Crippen molar-refractivity contribution in [1.29, 1.82) is 5.26 Å². The smallest absolute Gasteiger partial charge is 0.134 e. The van der Waals surface area contributed by atoms with Crippen molar-refractivity contribution in [2.75, 3.05) is 31.1 Å². The van der Waals surface area contributed by atoms with Crippen molar-refractivity contribution in [2.24, 2.45) is 0 Å². The van der Waals surface area contributed by atoms with E-state index >= 15 is 0 Å². The zero-order valence-electron chi connectivity index (χ0n) is 15.4. The topological polar surface area (TPSA) is 56.0 Å². The van der Waals surface area contributed by atoms with Crippen molar-refractivity contribution < 1.29 is 0 Å². The van der Waals surface area contributed by atoms with Gasteiger partial charge in [0, 0.05) is 50.4 Å². The second kappa shape index (κ2) is 7.43. The van der Waals surface area contributed by atoms with Gasteiger partial charge in [-0.3, -0.25) is 4.90 Å². The number of aromatic nitrogens is 2. The normalized spacial score (nSPS) is 17.9. The lowest BCUT2D eigenvalue weighted by Crippen LogP contribution is -2.46. The van der Waals surface area contributed by atoms with Crippen LogP contribution in [0.1, 0.15) is 48.3 Å². The lowest BCUT2D eigenvalue weighted by molar-refractivity contribution is 0.249. The number of aryl methyl sites for hydroxylation is 1. The van der Waals surface area contributed by atoms with E-state index in [0.29, 0.717) is 5.92 Å². The van der Waals surface area contributed by atoms with E-state index < -0.39 is 0 Å². The molecule has 5 heteroatoms. The van der Waals surface area contributed by atoms with Gasteiger partial charge in [-0.05, 0) is 37.0 Å². The number of nitriles is 1. The average molecular weight is 347 g/mol. The maximum Gasteiger partial charge on any atom is 0.134 e. The Hall–Kier alpha value is -2.45. The lowest BCUT2D eigenvalue weighted by Gasteiger charge is -2.35. The number of nitrogens with zero attached hydrogens (tertiary/aromatic N) is 5. The molecule has 4 rings (SSSR count). The zero-order chi connectivity index (χ0) is 17.9. The Kier molecular flexibility index (Phi) is 4.85. The standard InChI is InChI=1S/C21H25N5/c1-2-19-13-20(24-21(23-19)18-7-8-18)26-11-9-25(10-12-26)15-17-5-3-16(14-22)4-6-17/h3-6,13,18H,2,7-12,15H2,1H3. The first kappa shape index (κ1) is 17.0. The van der Waals surface area contributed by atoms with Gasteiger partial charge in [-0.25, -0.2) is 9.97 Å². The number of anilines is 1. The van der Waals surface area contributed by atoms with Crippen LogP contribution in [-0.2, 0) is 13.0 Å². The summed E-state index contributed by atoms with van der Waals surface area (Å²) in [6.07, 6.45) is 3.45. The average Bonchev–Trinajstić information content (AvgIpc) is 3.54. The van der Waals surface area contributed by atoms with Crippen LogP contribution >= 0.6 is 0 Å². The van der Waals surface area contributed by atoms with E-state index in [1.165, 1.54) is 18.4 Å². The zero-order valence-corrected chi connectivity index (χ0v) is 15.4. The third kappa shape index (κ3) is 3.86. The molecule has 1 aliphatic heterocycles. The molecule has 2 aromatic rings. The highest BCUT2D eigenvalue weighted by Gasteiger charge is 2.28. The summed E-state index contributed by atoms with van der Waals surface area (Å²) in [6.45, 7) is 7.17. The lowest BCUT2D eigenvalue weighted by atomic mass is 10.1. The molecule has 0 atom stereocenters. The van der Waals surface area contributed by atoms with Crippen LogP contribution in [0.15, 0.2) is 30.3 Å². The maximum absolute atomic E-state index is 8.91. The summed E-state index contributed by atoms with van der Waals surface area (Å²) in [5, 5.41) is 8.91. The van der Waals surface area contributed by atoms with E-state index in [2.05, 4.69) is 41.0 Å². The molecular formula is C21H25N5. The Balaban J connectivity index is 1.38. The highest BCUT2D eigenvalue weighted by Crippen LogP contribution is 2.38. The predicted octanol–water partition coefficient (Wildman–Crippen LogP) is 3.11. The van der Waals surface area contributed by atoms with Gasteiger partial charge >= 0.3 is 0 Å². The number of hydrogen-bond donors (Lipinski definition) is 0. The van der Waals surface area contributed by atoms with Crippen LogP contribution < -0.4 is 4.90 Å². The molecule has 2 fully saturated rings. The third-order valence-corrected chi connectivity index (χ3v) is 5.27. The fraction of sp³-hybridized carbons (Fsp3) is 0.476. The van der Waals surface area contributed by atoms with Crippen molar-refractivity contribution in [3.8, 4) is 6.07 Å². The van der Waals surface area contributed by atoms with Crippen LogP contribution in [0.2, 0.25) is 0 Å². The molecule has 0 spiro atoms. The van der Waals surface area contributed by atoms with Gasteiger partial charge in [0.25, 0.3) is 0 Å². The molecule has 26 heavy (non-hydrogen) atoms. The highest BCUT2D eigenvalue weighted by atomic mass is 15.3. The molecular weight excluding hydrogens is 322 g/mol. The van der Waals surface area contributed by atoms with Crippen LogP contribution in [-0.4, -0.2) is 41.0 Å². The quantitative estimate of drug-likeness (QED) is 0.832. The molecule has 0 radical (unpaired) electrons. The SMILES string of the molecule is CCc1cc(N2CCN(Cc3ccc(C#N)cc3)CC2)nc(C2CC2)n1. The molecule has 0 unspecified atom stereocenters. The van der Waals surface area contributed by atoms with Crippen molar-refractivity contribution in [2.45, 2.75) is 38.6 Å². The van der Waals surface area contributed by atoms with Gasteiger partial charge in [-0.2, -0.15) is 5.26 Å². The van der Waals surface area contributed by atoms with Crippen molar-refractivity contribution in [3.05, 3.63) is 53.0 Å². The molecule has 1 saturated carbocycles. The molecule has 5 nitrogen and oxygen atoms in total. The predicted molar refractivity (Wildman–Crippen MR) is 102 cm³/mol. The monoisotopic (exact) mass is 347 g/mol. The van der Waals surface area contributed by atoms with Crippen LogP contribution in [0.4, 0.5) is 5.82 Å². The van der Waals surface area contributed by atoms with Crippen molar-refractivity contribution >= 4 is 5.82 Å². The molecule has 1 aliphatic carbocycles. The molecule has 0 N–H and O–H groups in total. The Morgan fingerprint density at radius 2 is 1.81 bits per heavy atom. The Labute approximate surface area is 155 Å². The van der Waals surface area contributed by atoms with Crippen LogP contribution in [0.3, 0.4) is 0 Å². The highest BCUT2D eigenvalue weighted by molar-refractivity contribution is 5.41. The number of hydrogen-bond acceptors (Lipinski definition) is 5. The fourth-order valence-electron chi connectivity index (χ4n) is 3.45. The number of benzene rings is 1. The van der Waals surface area contributed by atoms with E-state index in [-0.39, 0.29) is 0 Å². The van der Waals surface area contributed by atoms with Gasteiger partial charge in [0.1, 0.15) is 11.6 Å². The number of piperazine rings is 1. The number of rotatable bonds is 5. The first-order chi connectivity index (χ1) is 12.7. The second-order valence-electron chi connectivity index (χ2n) is 7.28. The van der Waals surface area contributed by atoms with E-state index in [1.54, 1.807) is 0 Å². The van der Waals surface area contributed by atoms with E-state index in [1.807, 2.05) is 12.1 Å². The third-order valence-electron chi connectivity index (χ3n) is 5.27. The van der Waals surface area contributed by atoms with Gasteiger partial charge < -0.3 is 4.90 Å². The van der Waals surface area contributed by atoms with Crippen molar-refractivity contribution in [1.82, 2.24) is 14.9 Å². The molecule has 0 amide bonds. The summed E-state index contributed by atoms with van der Waals surface area (Å²) in [4.78, 5) is 14.5. The molecule has 1 saturated heterocycles. The Bertz CT molecular complexity index is 796. The minimum atomic E-state index is 0.595. The van der Waals surface area contributed by atoms with Crippen molar-refractivity contribution in [3.63, 3.8) is 0 Å². The first-order valence-electron chi connectivity index (χ1n) is 9.59. The summed E-state index contributed by atoms with van der Waals surface area (Å²) in [6, 6.07) is 12.3. The minimum absolute atomic E-state index is 0.595. The summed E-state index contributed by atoms with van der Waals surface area (Å²) in [7, 11) is 0. The summed E-state index contributed by atoms with van der Waals surface area (Å²) in [5.74, 6) is 2.76. The molecule has 134 valence electrons.